The van der Waals surface area contributed by atoms with E-state index < -0.39 is 0 Å². The van der Waals surface area contributed by atoms with Crippen LogP contribution in [0, 0.1) is 5.82 Å². The highest BCUT2D eigenvalue weighted by atomic mass is 19.1. The molecule has 0 aliphatic carbocycles. The third kappa shape index (κ3) is 3.88. The minimum Gasteiger partial charge on any atom is -0.497 e. The standard InChI is InChI=1S/C24H29FN2O3/c1-29-21-9-6-18(7-10-21)8-11-23(28)26-14-12-24(13-15-26)22(30-2)17-27(24)20-5-3-4-19(25)16-20/h3-7,9-10,16,22H,8,11-15,17H2,1-2H3. The van der Waals surface area contributed by atoms with Gasteiger partial charge in [-0.25, -0.2) is 4.39 Å². The van der Waals surface area contributed by atoms with E-state index in [1.54, 1.807) is 26.4 Å². The van der Waals surface area contributed by atoms with Crippen molar-refractivity contribution in [3.05, 3.63) is 59.9 Å². The lowest BCUT2D eigenvalue weighted by Crippen LogP contribution is -2.74. The van der Waals surface area contributed by atoms with Gasteiger partial charge in [-0.3, -0.25) is 4.79 Å². The van der Waals surface area contributed by atoms with E-state index in [1.807, 2.05) is 35.2 Å². The molecule has 2 aliphatic rings. The fourth-order valence-corrected chi connectivity index (χ4v) is 4.82. The van der Waals surface area contributed by atoms with Crippen LogP contribution in [0.25, 0.3) is 0 Å². The molecule has 1 amide bonds. The molecule has 1 unspecified atom stereocenters. The van der Waals surface area contributed by atoms with Crippen LogP contribution in [0.4, 0.5) is 10.1 Å². The quantitative estimate of drug-likeness (QED) is 0.726. The fraction of sp³-hybridized carbons (Fsp3) is 0.458. The number of halogens is 1. The zero-order chi connectivity index (χ0) is 21.1. The summed E-state index contributed by atoms with van der Waals surface area (Å²) < 4.78 is 24.7. The molecule has 2 heterocycles. The Hall–Kier alpha value is -2.60. The minimum atomic E-state index is -0.227. The molecule has 1 spiro atoms. The number of rotatable bonds is 6. The zero-order valence-corrected chi connectivity index (χ0v) is 17.6. The van der Waals surface area contributed by atoms with Crippen molar-refractivity contribution < 1.29 is 18.7 Å². The molecule has 0 aromatic heterocycles. The number of hydrogen-bond acceptors (Lipinski definition) is 4. The van der Waals surface area contributed by atoms with Crippen molar-refractivity contribution in [2.75, 3.05) is 38.8 Å². The molecule has 0 N–H and O–H groups in total. The van der Waals surface area contributed by atoms with E-state index in [0.29, 0.717) is 19.5 Å². The van der Waals surface area contributed by atoms with Crippen LogP contribution in [-0.4, -0.2) is 56.3 Å². The Labute approximate surface area is 177 Å². The van der Waals surface area contributed by atoms with Gasteiger partial charge in [-0.05, 0) is 55.2 Å². The molecule has 160 valence electrons. The molecular weight excluding hydrogens is 383 g/mol. The number of carbonyl (C=O) groups is 1. The highest BCUT2D eigenvalue weighted by molar-refractivity contribution is 5.76. The summed E-state index contributed by atoms with van der Waals surface area (Å²) in [5.41, 5.74) is 1.87. The summed E-state index contributed by atoms with van der Waals surface area (Å²) in [5.74, 6) is 0.781. The summed E-state index contributed by atoms with van der Waals surface area (Å²) in [6.07, 6.45) is 2.99. The molecule has 2 fully saturated rings. The van der Waals surface area contributed by atoms with Gasteiger partial charge in [-0.1, -0.05) is 18.2 Å². The van der Waals surface area contributed by atoms with Crippen molar-refractivity contribution in [3.8, 4) is 5.75 Å². The lowest BCUT2D eigenvalue weighted by atomic mass is 9.73. The smallest absolute Gasteiger partial charge is 0.222 e. The van der Waals surface area contributed by atoms with Crippen LogP contribution in [0.15, 0.2) is 48.5 Å². The monoisotopic (exact) mass is 412 g/mol. The summed E-state index contributed by atoms with van der Waals surface area (Å²) in [6, 6.07) is 14.6. The third-order valence-corrected chi connectivity index (χ3v) is 6.66. The van der Waals surface area contributed by atoms with Gasteiger partial charge >= 0.3 is 0 Å². The van der Waals surface area contributed by atoms with E-state index in [1.165, 1.54) is 6.07 Å². The van der Waals surface area contributed by atoms with E-state index in [-0.39, 0.29) is 23.4 Å². The predicted octanol–water partition coefficient (Wildman–Crippen LogP) is 3.66. The predicted molar refractivity (Wildman–Crippen MR) is 114 cm³/mol. The molecule has 1 atom stereocenters. The Bertz CT molecular complexity index is 878. The summed E-state index contributed by atoms with van der Waals surface area (Å²) in [6.45, 7) is 2.16. The lowest BCUT2D eigenvalue weighted by molar-refractivity contribution is -0.135. The van der Waals surface area contributed by atoms with E-state index in [9.17, 15) is 9.18 Å². The molecule has 6 heteroatoms. The van der Waals surface area contributed by atoms with Crippen LogP contribution in [0.3, 0.4) is 0 Å². The van der Waals surface area contributed by atoms with Crippen molar-refractivity contribution >= 4 is 11.6 Å². The second-order valence-corrected chi connectivity index (χ2v) is 8.15. The molecule has 5 nitrogen and oxygen atoms in total. The molecule has 2 saturated heterocycles. The summed E-state index contributed by atoms with van der Waals surface area (Å²) in [4.78, 5) is 17.0. The number of methoxy groups -OCH3 is 2. The topological polar surface area (TPSA) is 42.0 Å². The maximum absolute atomic E-state index is 13.7. The average molecular weight is 413 g/mol. The molecule has 0 radical (unpaired) electrons. The molecule has 0 bridgehead atoms. The number of piperidine rings is 1. The maximum atomic E-state index is 13.7. The van der Waals surface area contributed by atoms with Gasteiger partial charge in [-0.2, -0.15) is 0 Å². The van der Waals surface area contributed by atoms with Crippen LogP contribution in [0.5, 0.6) is 5.75 Å². The van der Waals surface area contributed by atoms with Gasteiger partial charge in [0, 0.05) is 38.9 Å². The first-order valence-corrected chi connectivity index (χ1v) is 10.5. The number of ether oxygens (including phenoxy) is 2. The highest BCUT2D eigenvalue weighted by Crippen LogP contribution is 2.44. The van der Waals surface area contributed by atoms with Crippen molar-refractivity contribution in [2.45, 2.75) is 37.3 Å². The van der Waals surface area contributed by atoms with Crippen LogP contribution in [0.1, 0.15) is 24.8 Å². The van der Waals surface area contributed by atoms with Gasteiger partial charge in [0.25, 0.3) is 0 Å². The summed E-state index contributed by atoms with van der Waals surface area (Å²) in [5, 5.41) is 0. The molecule has 2 aromatic carbocycles. The maximum Gasteiger partial charge on any atom is 0.222 e. The van der Waals surface area contributed by atoms with Gasteiger partial charge in [0.05, 0.1) is 18.8 Å². The Morgan fingerprint density at radius 1 is 1.13 bits per heavy atom. The van der Waals surface area contributed by atoms with Crippen molar-refractivity contribution in [1.82, 2.24) is 4.90 Å². The van der Waals surface area contributed by atoms with Crippen LogP contribution in [0.2, 0.25) is 0 Å². The normalized spacial score (nSPS) is 20.2. The van der Waals surface area contributed by atoms with Gasteiger partial charge in [-0.15, -0.1) is 0 Å². The summed E-state index contributed by atoms with van der Waals surface area (Å²) in [7, 11) is 3.38. The first-order valence-electron chi connectivity index (χ1n) is 10.5. The van der Waals surface area contributed by atoms with Gasteiger partial charge in [0.15, 0.2) is 0 Å². The fourth-order valence-electron chi connectivity index (χ4n) is 4.82. The molecule has 0 saturated carbocycles. The number of anilines is 1. The van der Waals surface area contributed by atoms with E-state index in [4.69, 9.17) is 9.47 Å². The number of benzene rings is 2. The Kier molecular flexibility index (Phi) is 5.95. The average Bonchev–Trinajstić information content (AvgIpc) is 2.77. The van der Waals surface area contributed by atoms with Gasteiger partial charge in [0.2, 0.25) is 5.91 Å². The lowest BCUT2D eigenvalue weighted by Gasteiger charge is -2.61. The van der Waals surface area contributed by atoms with Gasteiger partial charge < -0.3 is 19.3 Å². The SMILES string of the molecule is COc1ccc(CCC(=O)N2CCC3(CC2)C(OC)CN3c2cccc(F)c2)cc1. The molecular formula is C24H29FN2O3. The van der Waals surface area contributed by atoms with Crippen LogP contribution in [-0.2, 0) is 16.0 Å². The Balaban J connectivity index is 1.36. The molecule has 30 heavy (non-hydrogen) atoms. The molecule has 2 aliphatic heterocycles. The van der Waals surface area contributed by atoms with Crippen LogP contribution < -0.4 is 9.64 Å². The number of likely N-dealkylation sites (tertiary alicyclic amines) is 1. The van der Waals surface area contributed by atoms with Crippen molar-refractivity contribution in [1.29, 1.82) is 0 Å². The highest BCUT2D eigenvalue weighted by Gasteiger charge is 2.55. The number of hydrogen-bond donors (Lipinski definition) is 0. The van der Waals surface area contributed by atoms with Crippen molar-refractivity contribution in [2.24, 2.45) is 0 Å². The number of aryl methyl sites for hydroxylation is 1. The molecule has 4 rings (SSSR count). The largest absolute Gasteiger partial charge is 0.497 e. The number of nitrogens with zero attached hydrogens (tertiary/aromatic N) is 2. The van der Waals surface area contributed by atoms with E-state index in [0.717, 1.165) is 42.8 Å². The second kappa shape index (κ2) is 8.64. The minimum absolute atomic E-state index is 0.109. The van der Waals surface area contributed by atoms with E-state index >= 15 is 0 Å². The first-order chi connectivity index (χ1) is 14.6. The second-order valence-electron chi connectivity index (χ2n) is 8.15. The third-order valence-electron chi connectivity index (χ3n) is 6.66. The summed E-state index contributed by atoms with van der Waals surface area (Å²) >= 11 is 0. The van der Waals surface area contributed by atoms with E-state index in [2.05, 4.69) is 4.90 Å². The number of amides is 1. The van der Waals surface area contributed by atoms with Crippen LogP contribution >= 0.6 is 0 Å². The Morgan fingerprint density at radius 2 is 1.87 bits per heavy atom. The van der Waals surface area contributed by atoms with Crippen molar-refractivity contribution in [3.63, 3.8) is 0 Å². The van der Waals surface area contributed by atoms with Gasteiger partial charge in [0.1, 0.15) is 11.6 Å². The Morgan fingerprint density at radius 3 is 2.50 bits per heavy atom. The molecule has 2 aromatic rings. The number of carbonyl (C=O) groups excluding carboxylic acids is 1. The zero-order valence-electron chi connectivity index (χ0n) is 17.6. The first kappa shape index (κ1) is 20.7.